The Morgan fingerprint density at radius 3 is 2.32 bits per heavy atom. The zero-order valence-electron chi connectivity index (χ0n) is 18.6. The first-order chi connectivity index (χ1) is 16.8. The molecule has 5 heteroatoms. The van der Waals surface area contributed by atoms with E-state index < -0.39 is 0 Å². The highest BCUT2D eigenvalue weighted by atomic mass is 16.5. The molecule has 0 aliphatic heterocycles. The number of rotatable bonds is 5. The van der Waals surface area contributed by atoms with Crippen molar-refractivity contribution in [2.24, 2.45) is 0 Å². The molecule has 0 spiro atoms. The van der Waals surface area contributed by atoms with Gasteiger partial charge >= 0.3 is 0 Å². The Morgan fingerprint density at radius 1 is 0.647 bits per heavy atom. The first kappa shape index (κ1) is 20.0. The van der Waals surface area contributed by atoms with Crippen molar-refractivity contribution >= 4 is 21.8 Å². The van der Waals surface area contributed by atoms with Crippen molar-refractivity contribution in [1.29, 1.82) is 0 Å². The summed E-state index contributed by atoms with van der Waals surface area (Å²) in [5, 5.41) is 2.37. The summed E-state index contributed by atoms with van der Waals surface area (Å²) in [6.07, 6.45) is 3.47. The Hall–Kier alpha value is -4.64. The monoisotopic (exact) mass is 443 g/mol. The second-order valence-corrected chi connectivity index (χ2v) is 7.94. The van der Waals surface area contributed by atoms with Gasteiger partial charge in [-0.15, -0.1) is 0 Å². The average molecular weight is 444 g/mol. The number of methoxy groups -OCH3 is 1. The lowest BCUT2D eigenvalue weighted by Gasteiger charge is -2.10. The molecule has 0 saturated heterocycles. The normalized spacial score (nSPS) is 11.1. The van der Waals surface area contributed by atoms with Crippen LogP contribution in [0.4, 0.5) is 0 Å². The summed E-state index contributed by atoms with van der Waals surface area (Å²) in [4.78, 5) is 8.92. The van der Waals surface area contributed by atoms with E-state index in [0.717, 1.165) is 39.5 Å². The molecule has 0 aliphatic carbocycles. The molecule has 6 aromatic rings. The molecule has 0 fully saturated rings. The van der Waals surface area contributed by atoms with Crippen LogP contribution in [0.1, 0.15) is 0 Å². The number of ether oxygens (including phenoxy) is 2. The maximum Gasteiger partial charge on any atom is 0.219 e. The van der Waals surface area contributed by atoms with E-state index in [1.165, 1.54) is 10.8 Å². The molecule has 3 aromatic carbocycles. The number of para-hydroxylation sites is 1. The number of benzene rings is 3. The van der Waals surface area contributed by atoms with Gasteiger partial charge in [-0.05, 0) is 53.6 Å². The topological polar surface area (TPSA) is 49.2 Å². The van der Waals surface area contributed by atoms with Crippen LogP contribution in [0.5, 0.6) is 17.4 Å². The molecule has 34 heavy (non-hydrogen) atoms. The largest absolute Gasteiger partial charge is 0.495 e. The highest BCUT2D eigenvalue weighted by Gasteiger charge is 2.14. The summed E-state index contributed by atoms with van der Waals surface area (Å²) >= 11 is 0. The Balaban J connectivity index is 1.49. The minimum Gasteiger partial charge on any atom is -0.495 e. The Labute approximate surface area is 196 Å². The van der Waals surface area contributed by atoms with E-state index >= 15 is 0 Å². The van der Waals surface area contributed by atoms with Gasteiger partial charge in [0.15, 0.2) is 0 Å². The van der Waals surface area contributed by atoms with Crippen molar-refractivity contribution in [3.8, 4) is 34.3 Å². The van der Waals surface area contributed by atoms with Crippen LogP contribution in [0.25, 0.3) is 38.8 Å². The molecule has 0 amide bonds. The van der Waals surface area contributed by atoms with E-state index in [1.54, 1.807) is 19.5 Å². The van der Waals surface area contributed by atoms with Crippen LogP contribution in [0.2, 0.25) is 0 Å². The van der Waals surface area contributed by atoms with Gasteiger partial charge in [0.05, 0.1) is 24.3 Å². The molecule has 0 unspecified atom stereocenters. The number of pyridine rings is 2. The molecular formula is C29H21N3O2. The van der Waals surface area contributed by atoms with E-state index in [9.17, 15) is 0 Å². The Bertz CT molecular complexity index is 1610. The molecule has 6 rings (SSSR count). The molecule has 3 heterocycles. The molecule has 0 aliphatic rings. The molecule has 5 nitrogen and oxygen atoms in total. The minimum atomic E-state index is 0.570. The van der Waals surface area contributed by atoms with Crippen LogP contribution in [-0.4, -0.2) is 21.6 Å². The molecule has 164 valence electrons. The van der Waals surface area contributed by atoms with Gasteiger partial charge in [-0.25, -0.2) is 9.97 Å². The van der Waals surface area contributed by atoms with Gasteiger partial charge in [-0.3, -0.25) is 4.57 Å². The third-order valence-electron chi connectivity index (χ3n) is 5.89. The van der Waals surface area contributed by atoms with Gasteiger partial charge < -0.3 is 9.47 Å². The first-order valence-electron chi connectivity index (χ1n) is 11.0. The maximum absolute atomic E-state index is 5.95. The predicted octanol–water partition coefficient (Wildman–Crippen LogP) is 7.04. The lowest BCUT2D eigenvalue weighted by Crippen LogP contribution is -1.97. The molecule has 0 bridgehead atoms. The standard InChI is InChI=1S/C29H21N3O2/c1-33-23-13-15-28(31-19-23)32-26-10-3-2-9-24(26)25-14-12-21(18-27(25)32)20-7-6-8-22(17-20)34-29-11-4-5-16-30-29/h2-19H,1H3. The number of nitrogens with zero attached hydrogens (tertiary/aromatic N) is 3. The van der Waals surface area contributed by atoms with Crippen LogP contribution >= 0.6 is 0 Å². The van der Waals surface area contributed by atoms with E-state index in [1.807, 2.05) is 48.5 Å². The highest BCUT2D eigenvalue weighted by molar-refractivity contribution is 6.10. The van der Waals surface area contributed by atoms with Crippen LogP contribution < -0.4 is 9.47 Å². The molecule has 3 aromatic heterocycles. The fourth-order valence-electron chi connectivity index (χ4n) is 4.29. The van der Waals surface area contributed by atoms with Crippen LogP contribution in [0, 0.1) is 0 Å². The average Bonchev–Trinajstić information content (AvgIpc) is 3.23. The van der Waals surface area contributed by atoms with Crippen molar-refractivity contribution in [3.63, 3.8) is 0 Å². The zero-order valence-corrected chi connectivity index (χ0v) is 18.6. The van der Waals surface area contributed by atoms with E-state index in [0.29, 0.717) is 5.88 Å². The van der Waals surface area contributed by atoms with Gasteiger partial charge in [-0.1, -0.05) is 48.5 Å². The summed E-state index contributed by atoms with van der Waals surface area (Å²) < 4.78 is 13.5. The third kappa shape index (κ3) is 3.53. The van der Waals surface area contributed by atoms with E-state index in [2.05, 4.69) is 63.1 Å². The summed E-state index contributed by atoms with van der Waals surface area (Å²) in [6, 6.07) is 32.6. The van der Waals surface area contributed by atoms with Gasteiger partial charge in [0.2, 0.25) is 5.88 Å². The Kier molecular flexibility index (Phi) is 4.92. The summed E-state index contributed by atoms with van der Waals surface area (Å²) in [5.41, 5.74) is 4.36. The fraction of sp³-hybridized carbons (Fsp3) is 0.0345. The SMILES string of the molecule is COc1ccc(-n2c3ccccc3c3ccc(-c4cccc(Oc5ccccn5)c4)cc32)nc1. The van der Waals surface area contributed by atoms with Crippen molar-refractivity contribution in [3.05, 3.63) is 109 Å². The zero-order chi connectivity index (χ0) is 22.9. The van der Waals surface area contributed by atoms with Crippen LogP contribution in [-0.2, 0) is 0 Å². The highest BCUT2D eigenvalue weighted by Crippen LogP contribution is 2.35. The molecule has 0 atom stereocenters. The lowest BCUT2D eigenvalue weighted by molar-refractivity contribution is 0.413. The van der Waals surface area contributed by atoms with Gasteiger partial charge in [-0.2, -0.15) is 0 Å². The molecule has 0 saturated carbocycles. The lowest BCUT2D eigenvalue weighted by atomic mass is 10.0. The fourth-order valence-corrected chi connectivity index (χ4v) is 4.29. The van der Waals surface area contributed by atoms with Crippen molar-refractivity contribution in [2.45, 2.75) is 0 Å². The molecular weight excluding hydrogens is 422 g/mol. The summed E-state index contributed by atoms with van der Waals surface area (Å²) in [6.45, 7) is 0. The number of aromatic nitrogens is 3. The molecule has 0 radical (unpaired) electrons. The van der Waals surface area contributed by atoms with E-state index in [-0.39, 0.29) is 0 Å². The smallest absolute Gasteiger partial charge is 0.219 e. The van der Waals surface area contributed by atoms with E-state index in [4.69, 9.17) is 9.47 Å². The first-order valence-corrected chi connectivity index (χ1v) is 11.0. The summed E-state index contributed by atoms with van der Waals surface area (Å²) in [5.74, 6) is 2.89. The number of hydrogen-bond donors (Lipinski definition) is 0. The van der Waals surface area contributed by atoms with Gasteiger partial charge in [0.1, 0.15) is 17.3 Å². The van der Waals surface area contributed by atoms with Crippen molar-refractivity contribution < 1.29 is 9.47 Å². The van der Waals surface area contributed by atoms with Crippen LogP contribution in [0.3, 0.4) is 0 Å². The Morgan fingerprint density at radius 2 is 1.50 bits per heavy atom. The summed E-state index contributed by atoms with van der Waals surface area (Å²) in [7, 11) is 1.65. The maximum atomic E-state index is 5.95. The van der Waals surface area contributed by atoms with Gasteiger partial charge in [0, 0.05) is 23.0 Å². The predicted molar refractivity (Wildman–Crippen MR) is 135 cm³/mol. The quantitative estimate of drug-likeness (QED) is 0.287. The van der Waals surface area contributed by atoms with Crippen LogP contribution in [0.15, 0.2) is 109 Å². The van der Waals surface area contributed by atoms with Gasteiger partial charge in [0.25, 0.3) is 0 Å². The molecule has 0 N–H and O–H groups in total. The number of hydrogen-bond acceptors (Lipinski definition) is 4. The van der Waals surface area contributed by atoms with Crippen molar-refractivity contribution in [2.75, 3.05) is 7.11 Å². The van der Waals surface area contributed by atoms with Crippen molar-refractivity contribution in [1.82, 2.24) is 14.5 Å². The third-order valence-corrected chi connectivity index (χ3v) is 5.89. The minimum absolute atomic E-state index is 0.570. The second kappa shape index (κ2) is 8.37. The second-order valence-electron chi connectivity index (χ2n) is 7.94. The number of fused-ring (bicyclic) bond motifs is 3.